The van der Waals surface area contributed by atoms with Crippen LogP contribution >= 0.6 is 0 Å². The van der Waals surface area contributed by atoms with E-state index < -0.39 is 0 Å². The van der Waals surface area contributed by atoms with E-state index in [9.17, 15) is 0 Å². The first-order chi connectivity index (χ1) is 9.76. The quantitative estimate of drug-likeness (QED) is 0.908. The molecule has 0 saturated heterocycles. The van der Waals surface area contributed by atoms with Crippen LogP contribution in [0.15, 0.2) is 18.2 Å². The van der Waals surface area contributed by atoms with Crippen molar-refractivity contribution in [2.24, 2.45) is 11.7 Å². The van der Waals surface area contributed by atoms with Gasteiger partial charge in [0.1, 0.15) is 11.9 Å². The van der Waals surface area contributed by atoms with Crippen LogP contribution in [0, 0.1) is 5.92 Å². The first-order valence-electron chi connectivity index (χ1n) is 8.30. The Hall–Kier alpha value is -1.02. The zero-order valence-electron chi connectivity index (χ0n) is 12.6. The summed E-state index contributed by atoms with van der Waals surface area (Å²) in [6, 6.07) is 6.87. The van der Waals surface area contributed by atoms with Gasteiger partial charge in [-0.3, -0.25) is 0 Å². The fourth-order valence-electron chi connectivity index (χ4n) is 3.70. The summed E-state index contributed by atoms with van der Waals surface area (Å²) in [6.07, 6.45) is 10.0. The highest BCUT2D eigenvalue weighted by atomic mass is 16.5. The molecule has 20 heavy (non-hydrogen) atoms. The van der Waals surface area contributed by atoms with Crippen LogP contribution in [0.25, 0.3) is 0 Å². The Morgan fingerprint density at radius 2 is 1.95 bits per heavy atom. The molecule has 2 nitrogen and oxygen atoms in total. The van der Waals surface area contributed by atoms with Crippen LogP contribution in [0.1, 0.15) is 56.6 Å². The number of ether oxygens (including phenoxy) is 1. The number of nitrogens with two attached hydrogens (primary N) is 1. The molecule has 0 spiro atoms. The van der Waals surface area contributed by atoms with E-state index >= 15 is 0 Å². The van der Waals surface area contributed by atoms with Crippen LogP contribution in [-0.4, -0.2) is 12.1 Å². The Morgan fingerprint density at radius 3 is 2.75 bits per heavy atom. The third kappa shape index (κ3) is 3.01. The molecule has 1 aromatic rings. The maximum Gasteiger partial charge on any atom is 0.120 e. The molecule has 3 unspecified atom stereocenters. The van der Waals surface area contributed by atoms with Gasteiger partial charge in [0.15, 0.2) is 0 Å². The zero-order chi connectivity index (χ0) is 13.9. The maximum atomic E-state index is 6.26. The molecule has 3 rings (SSSR count). The van der Waals surface area contributed by atoms with Crippen molar-refractivity contribution >= 4 is 0 Å². The largest absolute Gasteiger partial charge is 0.489 e. The van der Waals surface area contributed by atoms with Gasteiger partial charge in [-0.2, -0.15) is 0 Å². The second-order valence-corrected chi connectivity index (χ2v) is 6.55. The first kappa shape index (κ1) is 13.9. The van der Waals surface area contributed by atoms with Crippen molar-refractivity contribution in [1.29, 1.82) is 0 Å². The molecule has 110 valence electrons. The van der Waals surface area contributed by atoms with Gasteiger partial charge in [-0.15, -0.1) is 0 Å². The van der Waals surface area contributed by atoms with E-state index in [1.165, 1.54) is 49.7 Å². The SMILES string of the molecule is CCC1CCC(N)C(Oc2ccc3c(c2)CCCC3)C1. The Morgan fingerprint density at radius 1 is 1.15 bits per heavy atom. The number of aryl methyl sites for hydroxylation is 2. The molecular weight excluding hydrogens is 246 g/mol. The molecule has 2 heteroatoms. The second-order valence-electron chi connectivity index (χ2n) is 6.55. The van der Waals surface area contributed by atoms with Crippen molar-refractivity contribution in [2.75, 3.05) is 0 Å². The van der Waals surface area contributed by atoms with Gasteiger partial charge in [0.25, 0.3) is 0 Å². The number of rotatable bonds is 3. The predicted molar refractivity (Wildman–Crippen MR) is 83.1 cm³/mol. The Balaban J connectivity index is 1.70. The molecule has 0 amide bonds. The van der Waals surface area contributed by atoms with E-state index in [1.807, 2.05) is 0 Å². The summed E-state index contributed by atoms with van der Waals surface area (Å²) in [7, 11) is 0. The normalized spacial score (nSPS) is 29.8. The number of fused-ring (bicyclic) bond motifs is 1. The Labute approximate surface area is 122 Å². The highest BCUT2D eigenvalue weighted by Crippen LogP contribution is 2.31. The molecule has 2 aliphatic carbocycles. The number of hydrogen-bond acceptors (Lipinski definition) is 2. The predicted octanol–water partition coefficient (Wildman–Crippen LogP) is 3.85. The van der Waals surface area contributed by atoms with E-state index in [4.69, 9.17) is 10.5 Å². The van der Waals surface area contributed by atoms with Crippen molar-refractivity contribution in [3.8, 4) is 5.75 Å². The average Bonchev–Trinajstić information content (AvgIpc) is 2.49. The smallest absolute Gasteiger partial charge is 0.120 e. The molecule has 1 saturated carbocycles. The third-order valence-corrected chi connectivity index (χ3v) is 5.14. The molecule has 0 aliphatic heterocycles. The minimum atomic E-state index is 0.203. The van der Waals surface area contributed by atoms with Gasteiger partial charge in [0.2, 0.25) is 0 Å². The summed E-state index contributed by atoms with van der Waals surface area (Å²) in [5, 5.41) is 0. The lowest BCUT2D eigenvalue weighted by molar-refractivity contribution is 0.101. The molecule has 0 heterocycles. The van der Waals surface area contributed by atoms with E-state index in [0.717, 1.165) is 24.5 Å². The lowest BCUT2D eigenvalue weighted by atomic mass is 9.83. The van der Waals surface area contributed by atoms with Crippen molar-refractivity contribution in [2.45, 2.75) is 70.4 Å². The van der Waals surface area contributed by atoms with E-state index in [0.29, 0.717) is 0 Å². The van der Waals surface area contributed by atoms with Gasteiger partial charge >= 0.3 is 0 Å². The van der Waals surface area contributed by atoms with Crippen LogP contribution in [0.5, 0.6) is 5.75 Å². The Kier molecular flexibility index (Phi) is 4.30. The lowest BCUT2D eigenvalue weighted by Crippen LogP contribution is -2.43. The second kappa shape index (κ2) is 6.17. The van der Waals surface area contributed by atoms with Gasteiger partial charge in [0, 0.05) is 6.04 Å². The zero-order valence-corrected chi connectivity index (χ0v) is 12.6. The van der Waals surface area contributed by atoms with Crippen molar-refractivity contribution in [1.82, 2.24) is 0 Å². The first-order valence-corrected chi connectivity index (χ1v) is 8.30. The van der Waals surface area contributed by atoms with Crippen molar-refractivity contribution in [3.05, 3.63) is 29.3 Å². The van der Waals surface area contributed by atoms with Crippen LogP contribution in [0.3, 0.4) is 0 Å². The molecule has 2 N–H and O–H groups in total. The minimum absolute atomic E-state index is 0.203. The number of hydrogen-bond donors (Lipinski definition) is 1. The van der Waals surface area contributed by atoms with E-state index in [2.05, 4.69) is 25.1 Å². The van der Waals surface area contributed by atoms with Crippen LogP contribution in [0.2, 0.25) is 0 Å². The van der Waals surface area contributed by atoms with Gasteiger partial charge in [0.05, 0.1) is 0 Å². The third-order valence-electron chi connectivity index (χ3n) is 5.14. The van der Waals surface area contributed by atoms with Gasteiger partial charge in [-0.25, -0.2) is 0 Å². The van der Waals surface area contributed by atoms with Gasteiger partial charge in [-0.05, 0) is 74.1 Å². The molecule has 1 fully saturated rings. The molecular formula is C18H27NO. The standard InChI is InChI=1S/C18H27NO/c1-2-13-7-10-17(19)18(11-13)20-16-9-8-14-5-3-4-6-15(14)12-16/h8-9,12-13,17-18H,2-7,10-11,19H2,1H3. The summed E-state index contributed by atoms with van der Waals surface area (Å²) in [5.74, 6) is 1.82. The topological polar surface area (TPSA) is 35.2 Å². The molecule has 3 atom stereocenters. The van der Waals surface area contributed by atoms with Gasteiger partial charge in [-0.1, -0.05) is 19.4 Å². The van der Waals surface area contributed by atoms with E-state index in [-0.39, 0.29) is 12.1 Å². The molecule has 0 bridgehead atoms. The van der Waals surface area contributed by atoms with Crippen LogP contribution < -0.4 is 10.5 Å². The number of benzene rings is 1. The summed E-state index contributed by atoms with van der Waals surface area (Å²) in [6.45, 7) is 2.28. The molecule has 0 radical (unpaired) electrons. The summed E-state index contributed by atoms with van der Waals surface area (Å²) in [5.41, 5.74) is 9.26. The minimum Gasteiger partial charge on any atom is -0.489 e. The van der Waals surface area contributed by atoms with Crippen LogP contribution in [-0.2, 0) is 12.8 Å². The lowest BCUT2D eigenvalue weighted by Gasteiger charge is -2.34. The van der Waals surface area contributed by atoms with Gasteiger partial charge < -0.3 is 10.5 Å². The summed E-state index contributed by atoms with van der Waals surface area (Å²) >= 11 is 0. The summed E-state index contributed by atoms with van der Waals surface area (Å²) < 4.78 is 6.24. The van der Waals surface area contributed by atoms with Crippen LogP contribution in [0.4, 0.5) is 0 Å². The highest BCUT2D eigenvalue weighted by molar-refractivity contribution is 5.37. The molecule has 1 aromatic carbocycles. The van der Waals surface area contributed by atoms with Crippen molar-refractivity contribution < 1.29 is 4.74 Å². The molecule has 0 aromatic heterocycles. The Bertz CT molecular complexity index is 457. The fourth-order valence-corrected chi connectivity index (χ4v) is 3.70. The summed E-state index contributed by atoms with van der Waals surface area (Å²) in [4.78, 5) is 0. The van der Waals surface area contributed by atoms with Crippen molar-refractivity contribution in [3.63, 3.8) is 0 Å². The maximum absolute atomic E-state index is 6.26. The average molecular weight is 273 g/mol. The monoisotopic (exact) mass is 273 g/mol. The fraction of sp³-hybridized carbons (Fsp3) is 0.667. The van der Waals surface area contributed by atoms with E-state index in [1.54, 1.807) is 0 Å². The molecule has 2 aliphatic rings. The highest BCUT2D eigenvalue weighted by Gasteiger charge is 2.29.